The van der Waals surface area contributed by atoms with Crippen molar-refractivity contribution in [3.05, 3.63) is 24.8 Å². The van der Waals surface area contributed by atoms with Crippen LogP contribution >= 0.6 is 0 Å². The summed E-state index contributed by atoms with van der Waals surface area (Å²) < 4.78 is 14.2. The zero-order valence-corrected chi connectivity index (χ0v) is 10.1. The van der Waals surface area contributed by atoms with Crippen LogP contribution in [0.5, 0.6) is 0 Å². The highest BCUT2D eigenvalue weighted by molar-refractivity contribution is 5.90. The van der Waals surface area contributed by atoms with Gasteiger partial charge in [0.25, 0.3) is 5.91 Å². The topological polar surface area (TPSA) is 85.0 Å². The van der Waals surface area contributed by atoms with Crippen LogP contribution in [-0.2, 0) is 4.79 Å². The molecule has 1 amide bonds. The van der Waals surface area contributed by atoms with Crippen LogP contribution in [0.1, 0.15) is 6.42 Å². The van der Waals surface area contributed by atoms with Crippen molar-refractivity contribution in [2.24, 2.45) is 5.73 Å². The van der Waals surface area contributed by atoms with Gasteiger partial charge < -0.3 is 10.6 Å². The summed E-state index contributed by atoms with van der Waals surface area (Å²) in [5.74, 6) is -0.316. The van der Waals surface area contributed by atoms with Crippen LogP contribution < -0.4 is 10.6 Å². The molecular weight excluding hydrogens is 249 g/mol. The lowest BCUT2D eigenvalue weighted by Crippen LogP contribution is -2.42. The Hall–Kier alpha value is -2.31. The highest BCUT2D eigenvalue weighted by Gasteiger charge is 2.44. The predicted molar refractivity (Wildman–Crippen MR) is 67.2 cm³/mol. The standard InChI is InChI=1S/C12H12FN5O/c13-12(11(14)19)2-4-18(6-12)10-8-1-3-15-5-9(8)16-7-17-10/h1,3,5,7H,2,4,6H2,(H2,14,19). The van der Waals surface area contributed by atoms with Crippen molar-refractivity contribution in [3.8, 4) is 0 Å². The third-order valence-electron chi connectivity index (χ3n) is 3.38. The number of fused-ring (bicyclic) bond motifs is 1. The lowest BCUT2D eigenvalue weighted by atomic mass is 10.1. The lowest BCUT2D eigenvalue weighted by molar-refractivity contribution is -0.128. The fourth-order valence-electron chi connectivity index (χ4n) is 2.30. The van der Waals surface area contributed by atoms with Gasteiger partial charge in [0.15, 0.2) is 0 Å². The summed E-state index contributed by atoms with van der Waals surface area (Å²) in [5, 5.41) is 0.784. The van der Waals surface area contributed by atoms with E-state index in [1.807, 2.05) is 0 Å². The molecule has 2 N–H and O–H groups in total. The zero-order chi connectivity index (χ0) is 13.5. The molecule has 2 aromatic heterocycles. The Morgan fingerprint density at radius 2 is 2.32 bits per heavy atom. The maximum Gasteiger partial charge on any atom is 0.257 e. The Kier molecular flexibility index (Phi) is 2.55. The highest BCUT2D eigenvalue weighted by atomic mass is 19.1. The SMILES string of the molecule is NC(=O)C1(F)CCN(c2ncnc3cnccc23)C1. The minimum Gasteiger partial charge on any atom is -0.367 e. The fourth-order valence-corrected chi connectivity index (χ4v) is 2.30. The van der Waals surface area contributed by atoms with Gasteiger partial charge in [-0.1, -0.05) is 0 Å². The number of pyridine rings is 1. The van der Waals surface area contributed by atoms with E-state index in [0.717, 1.165) is 5.39 Å². The van der Waals surface area contributed by atoms with E-state index in [1.165, 1.54) is 6.33 Å². The van der Waals surface area contributed by atoms with Gasteiger partial charge in [0.1, 0.15) is 12.1 Å². The van der Waals surface area contributed by atoms with Gasteiger partial charge in [-0.3, -0.25) is 9.78 Å². The summed E-state index contributed by atoms with van der Waals surface area (Å²) in [4.78, 5) is 25.1. The van der Waals surface area contributed by atoms with E-state index < -0.39 is 11.6 Å². The Morgan fingerprint density at radius 3 is 3.05 bits per heavy atom. The number of hydrogen-bond donors (Lipinski definition) is 1. The van der Waals surface area contributed by atoms with Crippen molar-refractivity contribution >= 4 is 22.6 Å². The van der Waals surface area contributed by atoms with Crippen molar-refractivity contribution in [1.29, 1.82) is 0 Å². The van der Waals surface area contributed by atoms with E-state index in [-0.39, 0.29) is 13.0 Å². The molecule has 3 rings (SSSR count). The molecule has 0 saturated carbocycles. The fraction of sp³-hybridized carbons (Fsp3) is 0.333. The summed E-state index contributed by atoms with van der Waals surface area (Å²) >= 11 is 0. The third-order valence-corrected chi connectivity index (χ3v) is 3.38. The number of halogens is 1. The van der Waals surface area contributed by atoms with Gasteiger partial charge in [-0.25, -0.2) is 14.4 Å². The van der Waals surface area contributed by atoms with Crippen LogP contribution in [0.2, 0.25) is 0 Å². The van der Waals surface area contributed by atoms with Crippen LogP contribution in [0.25, 0.3) is 10.9 Å². The quantitative estimate of drug-likeness (QED) is 0.847. The molecule has 1 unspecified atom stereocenters. The molecule has 6 nitrogen and oxygen atoms in total. The Morgan fingerprint density at radius 1 is 1.47 bits per heavy atom. The second-order valence-corrected chi connectivity index (χ2v) is 4.59. The number of nitrogens with zero attached hydrogens (tertiary/aromatic N) is 4. The van der Waals surface area contributed by atoms with Gasteiger partial charge in [0.05, 0.1) is 18.3 Å². The molecule has 2 aromatic rings. The first kappa shape index (κ1) is 11.8. The molecule has 98 valence electrons. The first-order chi connectivity index (χ1) is 9.10. The molecular formula is C12H12FN5O. The molecule has 1 atom stereocenters. The van der Waals surface area contributed by atoms with Crippen molar-refractivity contribution < 1.29 is 9.18 Å². The van der Waals surface area contributed by atoms with Crippen LogP contribution in [-0.4, -0.2) is 39.6 Å². The largest absolute Gasteiger partial charge is 0.367 e. The smallest absolute Gasteiger partial charge is 0.257 e. The van der Waals surface area contributed by atoms with Crippen LogP contribution in [0.3, 0.4) is 0 Å². The van der Waals surface area contributed by atoms with Gasteiger partial charge in [-0.15, -0.1) is 0 Å². The van der Waals surface area contributed by atoms with E-state index >= 15 is 0 Å². The second-order valence-electron chi connectivity index (χ2n) is 4.59. The summed E-state index contributed by atoms with van der Waals surface area (Å²) in [6.45, 7) is 0.324. The van der Waals surface area contributed by atoms with Crippen LogP contribution in [0.4, 0.5) is 10.2 Å². The Labute approximate surface area is 108 Å². The molecule has 1 fully saturated rings. The van der Waals surface area contributed by atoms with Crippen molar-refractivity contribution in [2.75, 3.05) is 18.0 Å². The minimum atomic E-state index is -1.98. The molecule has 0 aromatic carbocycles. The molecule has 0 aliphatic carbocycles. The normalized spacial score (nSPS) is 22.9. The van der Waals surface area contributed by atoms with Gasteiger partial charge >= 0.3 is 0 Å². The lowest BCUT2D eigenvalue weighted by Gasteiger charge is -2.20. The van der Waals surface area contributed by atoms with E-state index in [1.54, 1.807) is 23.4 Å². The van der Waals surface area contributed by atoms with E-state index in [2.05, 4.69) is 15.0 Å². The van der Waals surface area contributed by atoms with Crippen molar-refractivity contribution in [1.82, 2.24) is 15.0 Å². The van der Waals surface area contributed by atoms with Gasteiger partial charge in [0, 0.05) is 24.5 Å². The number of carbonyl (C=O) groups excluding carboxylic acids is 1. The summed E-state index contributed by atoms with van der Waals surface area (Å²) in [7, 11) is 0. The van der Waals surface area contributed by atoms with E-state index in [0.29, 0.717) is 17.9 Å². The van der Waals surface area contributed by atoms with E-state index in [9.17, 15) is 9.18 Å². The highest BCUT2D eigenvalue weighted by Crippen LogP contribution is 2.31. The number of rotatable bonds is 2. The number of primary amides is 1. The molecule has 19 heavy (non-hydrogen) atoms. The first-order valence-electron chi connectivity index (χ1n) is 5.89. The molecule has 1 aliphatic rings. The number of amides is 1. The number of alkyl halides is 1. The second kappa shape index (κ2) is 4.11. The van der Waals surface area contributed by atoms with Gasteiger partial charge in [-0.05, 0) is 6.07 Å². The summed E-state index contributed by atoms with van der Waals surface area (Å²) in [6.07, 6.45) is 4.73. The van der Waals surface area contributed by atoms with Crippen LogP contribution in [0, 0.1) is 0 Å². The summed E-state index contributed by atoms with van der Waals surface area (Å²) in [6, 6.07) is 1.77. The molecule has 3 heterocycles. The number of anilines is 1. The third kappa shape index (κ3) is 1.87. The van der Waals surface area contributed by atoms with E-state index in [4.69, 9.17) is 5.73 Å². The van der Waals surface area contributed by atoms with Crippen LogP contribution in [0.15, 0.2) is 24.8 Å². The minimum absolute atomic E-state index is 0.0726. The van der Waals surface area contributed by atoms with Crippen molar-refractivity contribution in [2.45, 2.75) is 12.1 Å². The maximum absolute atomic E-state index is 14.2. The Balaban J connectivity index is 2.01. The summed E-state index contributed by atoms with van der Waals surface area (Å²) in [5.41, 5.74) is 3.80. The first-order valence-corrected chi connectivity index (χ1v) is 5.89. The average molecular weight is 261 g/mol. The maximum atomic E-state index is 14.2. The number of carbonyl (C=O) groups is 1. The van der Waals surface area contributed by atoms with Gasteiger partial charge in [-0.2, -0.15) is 0 Å². The molecule has 7 heteroatoms. The number of aromatic nitrogens is 3. The average Bonchev–Trinajstić information content (AvgIpc) is 2.82. The molecule has 1 aliphatic heterocycles. The molecule has 1 saturated heterocycles. The van der Waals surface area contributed by atoms with Crippen molar-refractivity contribution in [3.63, 3.8) is 0 Å². The monoisotopic (exact) mass is 261 g/mol. The Bertz CT molecular complexity index is 644. The zero-order valence-electron chi connectivity index (χ0n) is 10.1. The van der Waals surface area contributed by atoms with Gasteiger partial charge in [0.2, 0.25) is 5.67 Å². The molecule has 0 spiro atoms. The number of nitrogens with two attached hydrogens (primary N) is 1. The molecule has 0 radical (unpaired) electrons. The molecule has 0 bridgehead atoms. The predicted octanol–water partition coefficient (Wildman–Crippen LogP) is 0.428. The number of hydrogen-bond acceptors (Lipinski definition) is 5.